The molecule has 0 bridgehead atoms. The fourth-order valence-electron chi connectivity index (χ4n) is 5.10. The highest BCUT2D eigenvalue weighted by molar-refractivity contribution is 8.00. The fourth-order valence-corrected chi connectivity index (χ4v) is 6.50. The maximum atomic E-state index is 13.9. The van der Waals surface area contributed by atoms with Gasteiger partial charge >= 0.3 is 0 Å². The molecule has 0 unspecified atom stereocenters. The van der Waals surface area contributed by atoms with E-state index in [1.165, 1.54) is 16.7 Å². The topological polar surface area (TPSA) is 98.6 Å². The van der Waals surface area contributed by atoms with Crippen LogP contribution in [0, 0.1) is 0 Å². The van der Waals surface area contributed by atoms with Gasteiger partial charge in [-0.25, -0.2) is 4.68 Å². The summed E-state index contributed by atoms with van der Waals surface area (Å²) < 4.78 is 13.0. The van der Waals surface area contributed by atoms with Gasteiger partial charge in [0.1, 0.15) is 12.4 Å². The van der Waals surface area contributed by atoms with Crippen molar-refractivity contribution >= 4 is 41.0 Å². The second kappa shape index (κ2) is 11.3. The Balaban J connectivity index is 1.49. The van der Waals surface area contributed by atoms with E-state index < -0.39 is 5.41 Å². The molecule has 0 aliphatic carbocycles. The van der Waals surface area contributed by atoms with Crippen molar-refractivity contribution in [2.75, 3.05) is 24.0 Å². The van der Waals surface area contributed by atoms with Crippen LogP contribution in [0.25, 0.3) is 5.69 Å². The van der Waals surface area contributed by atoms with Crippen LogP contribution in [0.3, 0.4) is 0 Å². The average Bonchev–Trinajstić information content (AvgIpc) is 3.58. The molecule has 0 saturated heterocycles. The number of carbonyl (C=O) groups excluding carboxylic acids is 2. The minimum Gasteiger partial charge on any atom is -0.454 e. The van der Waals surface area contributed by atoms with Gasteiger partial charge in [-0.15, -0.1) is 11.8 Å². The maximum Gasteiger partial charge on any atom is 0.240 e. The normalized spacial score (nSPS) is 16.2. The van der Waals surface area contributed by atoms with Crippen LogP contribution in [0.15, 0.2) is 66.9 Å². The molecular formula is C31H30ClN5O4S. The Morgan fingerprint density at radius 2 is 1.88 bits per heavy atom. The molecule has 9 nitrogen and oxygen atoms in total. The molecule has 2 aromatic heterocycles. The summed E-state index contributed by atoms with van der Waals surface area (Å²) in [5, 5.41) is 8.21. The van der Waals surface area contributed by atoms with E-state index in [1.54, 1.807) is 16.9 Å². The van der Waals surface area contributed by atoms with Crippen LogP contribution in [0.1, 0.15) is 48.5 Å². The van der Waals surface area contributed by atoms with E-state index in [4.69, 9.17) is 26.2 Å². The van der Waals surface area contributed by atoms with Crippen molar-refractivity contribution < 1.29 is 19.1 Å². The molecule has 0 saturated carbocycles. The Labute approximate surface area is 253 Å². The largest absolute Gasteiger partial charge is 0.454 e. The van der Waals surface area contributed by atoms with Gasteiger partial charge < -0.3 is 14.8 Å². The molecule has 2 aliphatic heterocycles. The van der Waals surface area contributed by atoms with E-state index >= 15 is 0 Å². The summed E-state index contributed by atoms with van der Waals surface area (Å²) in [5.74, 6) is 1.52. The molecule has 1 atom stereocenters. The van der Waals surface area contributed by atoms with Crippen LogP contribution < -0.4 is 19.7 Å². The van der Waals surface area contributed by atoms with Crippen molar-refractivity contribution in [2.24, 2.45) is 0 Å². The number of halogens is 1. The van der Waals surface area contributed by atoms with Crippen LogP contribution in [0.4, 0.5) is 5.82 Å². The number of hydrogen-bond acceptors (Lipinski definition) is 7. The highest BCUT2D eigenvalue weighted by atomic mass is 35.5. The molecular weight excluding hydrogens is 574 g/mol. The van der Waals surface area contributed by atoms with Gasteiger partial charge in [0.15, 0.2) is 11.5 Å². The number of fused-ring (bicyclic) bond motifs is 2. The first kappa shape index (κ1) is 28.1. The van der Waals surface area contributed by atoms with E-state index in [1.807, 2.05) is 54.6 Å². The Bertz CT molecular complexity index is 1650. The monoisotopic (exact) mass is 603 g/mol. The summed E-state index contributed by atoms with van der Waals surface area (Å²) in [6, 6.07) is 18.7. The Hall–Kier alpha value is -4.02. The number of rotatable bonds is 6. The molecule has 4 heterocycles. The lowest BCUT2D eigenvalue weighted by Gasteiger charge is -2.24. The van der Waals surface area contributed by atoms with Gasteiger partial charge in [0.25, 0.3) is 0 Å². The molecule has 0 radical (unpaired) electrons. The van der Waals surface area contributed by atoms with Gasteiger partial charge in [-0.1, -0.05) is 56.6 Å². The highest BCUT2D eigenvalue weighted by Gasteiger charge is 2.40. The Morgan fingerprint density at radius 3 is 2.64 bits per heavy atom. The molecule has 2 aromatic carbocycles. The molecule has 0 fully saturated rings. The number of nitrogens with zero attached hydrogens (tertiary/aromatic N) is 4. The van der Waals surface area contributed by atoms with Crippen molar-refractivity contribution in [1.29, 1.82) is 0 Å². The molecule has 11 heteroatoms. The number of nitrogens with one attached hydrogen (secondary N) is 1. The number of carbonyl (C=O) groups is 2. The summed E-state index contributed by atoms with van der Waals surface area (Å²) in [7, 11) is 0. The van der Waals surface area contributed by atoms with Crippen LogP contribution >= 0.6 is 23.4 Å². The van der Waals surface area contributed by atoms with Crippen molar-refractivity contribution in [1.82, 2.24) is 20.1 Å². The van der Waals surface area contributed by atoms with Crippen molar-refractivity contribution in [3.05, 3.63) is 94.4 Å². The van der Waals surface area contributed by atoms with Gasteiger partial charge in [0.05, 0.1) is 39.6 Å². The number of amides is 2. The first-order valence-corrected chi connectivity index (χ1v) is 15.0. The quantitative estimate of drug-likeness (QED) is 0.314. The second-order valence-electron chi connectivity index (χ2n) is 11.1. The number of anilines is 1. The number of aromatic nitrogens is 3. The van der Waals surface area contributed by atoms with Crippen LogP contribution in [0.5, 0.6) is 11.5 Å². The molecule has 2 aliphatic rings. The van der Waals surface area contributed by atoms with Crippen molar-refractivity contribution in [3.8, 4) is 17.2 Å². The molecule has 0 spiro atoms. The van der Waals surface area contributed by atoms with Gasteiger partial charge in [-0.05, 0) is 42.0 Å². The average molecular weight is 604 g/mol. The van der Waals surface area contributed by atoms with E-state index in [-0.39, 0.29) is 42.7 Å². The third-order valence-electron chi connectivity index (χ3n) is 7.07. The minimum absolute atomic E-state index is 0.160. The number of pyridine rings is 1. The maximum absolute atomic E-state index is 13.9. The lowest BCUT2D eigenvalue weighted by atomic mass is 9.87. The first-order valence-electron chi connectivity index (χ1n) is 13.6. The number of ether oxygens (including phenoxy) is 2. The minimum atomic E-state index is -0.397. The summed E-state index contributed by atoms with van der Waals surface area (Å²) >= 11 is 8.21. The van der Waals surface area contributed by atoms with Crippen LogP contribution in [0.2, 0.25) is 5.02 Å². The molecule has 2 amide bonds. The zero-order valence-electron chi connectivity index (χ0n) is 23.5. The first-order chi connectivity index (χ1) is 20.2. The molecule has 42 heavy (non-hydrogen) atoms. The predicted octanol–water partition coefficient (Wildman–Crippen LogP) is 5.43. The van der Waals surface area contributed by atoms with Crippen LogP contribution in [-0.2, 0) is 21.5 Å². The molecule has 1 N–H and O–H groups in total. The standard InChI is InChI=1S/C31H30ClN5O4S/c1-31(2,3)29-27-28(19-11-12-23-24(14-19)41-18-40-23)42-17-26(39)36(16-25(38)34-15-20-8-6-7-13-33-20)30(27)37(35-29)22-10-5-4-9-21(22)32/h4-14,28H,15-18H2,1-3H3,(H,34,38)/t28-/m1/s1. The third-order valence-corrected chi connectivity index (χ3v) is 8.65. The van der Waals surface area contributed by atoms with Gasteiger partial charge in [0, 0.05) is 17.2 Å². The molecule has 4 aromatic rings. The predicted molar refractivity (Wildman–Crippen MR) is 163 cm³/mol. The number of hydrogen-bond donors (Lipinski definition) is 1. The summed E-state index contributed by atoms with van der Waals surface area (Å²) in [6.07, 6.45) is 1.68. The van der Waals surface area contributed by atoms with E-state index in [0.29, 0.717) is 28.0 Å². The van der Waals surface area contributed by atoms with Gasteiger partial charge in [0.2, 0.25) is 18.6 Å². The summed E-state index contributed by atoms with van der Waals surface area (Å²) in [4.78, 5) is 33.0. The fraction of sp³-hybridized carbons (Fsp3) is 0.290. The molecule has 216 valence electrons. The third kappa shape index (κ3) is 5.44. The lowest BCUT2D eigenvalue weighted by molar-refractivity contribution is -0.123. The number of thioether (sulfide) groups is 1. The van der Waals surface area contributed by atoms with E-state index in [0.717, 1.165) is 22.5 Å². The highest BCUT2D eigenvalue weighted by Crippen LogP contribution is 2.50. The van der Waals surface area contributed by atoms with Crippen molar-refractivity contribution in [3.63, 3.8) is 0 Å². The Kier molecular flexibility index (Phi) is 7.59. The zero-order chi connectivity index (χ0) is 29.4. The Morgan fingerprint density at radius 1 is 1.10 bits per heavy atom. The van der Waals surface area contributed by atoms with Gasteiger partial charge in [-0.3, -0.25) is 19.5 Å². The lowest BCUT2D eigenvalue weighted by Crippen LogP contribution is -2.42. The zero-order valence-corrected chi connectivity index (χ0v) is 25.0. The van der Waals surface area contributed by atoms with E-state index in [2.05, 4.69) is 31.1 Å². The number of para-hydroxylation sites is 1. The smallest absolute Gasteiger partial charge is 0.240 e. The summed E-state index contributed by atoms with van der Waals surface area (Å²) in [6.45, 7) is 6.49. The van der Waals surface area contributed by atoms with Crippen LogP contribution in [-0.4, -0.2) is 45.7 Å². The van der Waals surface area contributed by atoms with Gasteiger partial charge in [-0.2, -0.15) is 5.10 Å². The van der Waals surface area contributed by atoms with Crippen molar-refractivity contribution in [2.45, 2.75) is 38.0 Å². The molecule has 6 rings (SSSR count). The second-order valence-corrected chi connectivity index (χ2v) is 12.6. The SMILES string of the molecule is CC(C)(C)c1nn(-c2ccccc2Cl)c2c1[C@@H](c1ccc3c(c1)OCO3)SCC(=O)N2CC(=O)NCc1ccccn1. The summed E-state index contributed by atoms with van der Waals surface area (Å²) in [5.41, 5.74) is 3.56. The van der Waals surface area contributed by atoms with E-state index in [9.17, 15) is 9.59 Å². The number of benzene rings is 2.